The number of ketones is 1. The van der Waals surface area contributed by atoms with Gasteiger partial charge < -0.3 is 25.3 Å². The number of thioether (sulfide) groups is 1. The van der Waals surface area contributed by atoms with Crippen LogP contribution in [-0.4, -0.2) is 49.0 Å². The zero-order chi connectivity index (χ0) is 29.8. The van der Waals surface area contributed by atoms with Crippen molar-refractivity contribution in [1.82, 2.24) is 10.2 Å². The van der Waals surface area contributed by atoms with Gasteiger partial charge in [0.25, 0.3) is 0 Å². The van der Waals surface area contributed by atoms with Gasteiger partial charge >= 0.3 is 0 Å². The number of nitriles is 1. The zero-order valence-electron chi connectivity index (χ0n) is 23.2. The molecule has 5 rings (SSSR count). The van der Waals surface area contributed by atoms with Gasteiger partial charge in [0, 0.05) is 35.5 Å². The van der Waals surface area contributed by atoms with Crippen molar-refractivity contribution in [2.75, 3.05) is 37.3 Å². The Bertz CT molecular complexity index is 1600. The molecule has 1 aliphatic carbocycles. The number of hydrogen-bond acceptors (Lipinski definition) is 12. The van der Waals surface area contributed by atoms with Crippen molar-refractivity contribution in [1.29, 1.82) is 5.26 Å². The van der Waals surface area contributed by atoms with Gasteiger partial charge in [-0.1, -0.05) is 53.4 Å². The zero-order valence-corrected chi connectivity index (χ0v) is 24.8. The van der Waals surface area contributed by atoms with E-state index in [4.69, 9.17) is 19.9 Å². The minimum absolute atomic E-state index is 0.00192. The van der Waals surface area contributed by atoms with Crippen molar-refractivity contribution < 1.29 is 23.8 Å². The number of aromatic nitrogens is 2. The highest BCUT2D eigenvalue weighted by Gasteiger charge is 2.41. The molecule has 0 saturated carbocycles. The number of hydrogen-bond donors (Lipinski definition) is 2. The maximum atomic E-state index is 13.2. The van der Waals surface area contributed by atoms with Gasteiger partial charge in [-0.2, -0.15) is 5.26 Å². The standard InChI is InChI=1S/C29H28N6O5S2/c1-38-21-12-17(13-22(39-2)26(21)40-3)32-23(37)15-41-29-34-33-28(42-29)35-19-10-7-11-20(36)25(19)24(18(14-30)27(35)31)16-8-5-4-6-9-16/h4-6,8-9,12-13,24H,7,10-11,15,31H2,1-3H3,(H,32,37). The molecular formula is C29H28N6O5S2. The Balaban J connectivity index is 1.37. The lowest BCUT2D eigenvalue weighted by Gasteiger charge is -2.38. The van der Waals surface area contributed by atoms with Crippen LogP contribution in [0.1, 0.15) is 30.7 Å². The van der Waals surface area contributed by atoms with Crippen LogP contribution in [0, 0.1) is 11.3 Å². The molecule has 0 spiro atoms. The number of benzene rings is 2. The highest BCUT2D eigenvalue weighted by atomic mass is 32.2. The number of carbonyl (C=O) groups excluding carboxylic acids is 2. The van der Waals surface area contributed by atoms with E-state index in [2.05, 4.69) is 21.6 Å². The van der Waals surface area contributed by atoms with E-state index in [0.29, 0.717) is 62.8 Å². The predicted molar refractivity (Wildman–Crippen MR) is 160 cm³/mol. The van der Waals surface area contributed by atoms with Crippen molar-refractivity contribution in [2.24, 2.45) is 5.73 Å². The van der Waals surface area contributed by atoms with Gasteiger partial charge in [-0.3, -0.25) is 14.5 Å². The second-order valence-corrected chi connectivity index (χ2v) is 11.5. The highest BCUT2D eigenvalue weighted by molar-refractivity contribution is 8.01. The largest absolute Gasteiger partial charge is 0.493 e. The molecule has 1 aliphatic heterocycles. The van der Waals surface area contributed by atoms with Gasteiger partial charge in [0.1, 0.15) is 5.82 Å². The summed E-state index contributed by atoms with van der Waals surface area (Å²) in [6.07, 6.45) is 1.70. The molecule has 1 aromatic heterocycles. The SMILES string of the molecule is COc1cc(NC(=O)CSc2nnc(N3C(N)=C(C#N)C(c4ccccc4)C4=C3CCCC4=O)s2)cc(OC)c1OC. The first-order valence-electron chi connectivity index (χ1n) is 13.0. The van der Waals surface area contributed by atoms with E-state index in [9.17, 15) is 14.9 Å². The topological polar surface area (TPSA) is 153 Å². The quantitative estimate of drug-likeness (QED) is 0.330. The average Bonchev–Trinajstić information content (AvgIpc) is 3.47. The van der Waals surface area contributed by atoms with E-state index in [-0.39, 0.29) is 23.3 Å². The third-order valence-electron chi connectivity index (χ3n) is 6.91. The first kappa shape index (κ1) is 29.0. The first-order chi connectivity index (χ1) is 20.4. The van der Waals surface area contributed by atoms with E-state index < -0.39 is 5.92 Å². The lowest BCUT2D eigenvalue weighted by molar-refractivity contribution is -0.116. The van der Waals surface area contributed by atoms with Crippen molar-refractivity contribution in [3.05, 3.63) is 70.7 Å². The Morgan fingerprint density at radius 1 is 1.14 bits per heavy atom. The molecule has 0 saturated heterocycles. The number of carbonyl (C=O) groups is 2. The Kier molecular flexibility index (Phi) is 8.65. The van der Waals surface area contributed by atoms with Crippen molar-refractivity contribution in [3.8, 4) is 23.3 Å². The molecule has 0 bridgehead atoms. The summed E-state index contributed by atoms with van der Waals surface area (Å²) in [5, 5.41) is 22.0. The fourth-order valence-electron chi connectivity index (χ4n) is 5.11. The molecule has 13 heteroatoms. The summed E-state index contributed by atoms with van der Waals surface area (Å²) >= 11 is 2.45. The molecule has 0 fully saturated rings. The van der Waals surface area contributed by atoms with Crippen LogP contribution in [0.25, 0.3) is 0 Å². The van der Waals surface area contributed by atoms with Crippen LogP contribution in [0.4, 0.5) is 10.8 Å². The van der Waals surface area contributed by atoms with Crippen LogP contribution in [0.15, 0.2) is 69.5 Å². The molecule has 1 amide bonds. The van der Waals surface area contributed by atoms with Crippen molar-refractivity contribution in [2.45, 2.75) is 29.5 Å². The van der Waals surface area contributed by atoms with Crippen LogP contribution < -0.4 is 30.2 Å². The first-order valence-corrected chi connectivity index (χ1v) is 14.8. The van der Waals surface area contributed by atoms with Crippen molar-refractivity contribution in [3.63, 3.8) is 0 Å². The maximum absolute atomic E-state index is 13.2. The molecule has 3 N–H and O–H groups in total. The summed E-state index contributed by atoms with van der Waals surface area (Å²) in [4.78, 5) is 27.7. The second-order valence-electron chi connectivity index (χ2n) is 9.33. The number of nitrogens with one attached hydrogen (secondary N) is 1. The minimum atomic E-state index is -0.532. The molecule has 1 atom stereocenters. The van der Waals surface area contributed by atoms with Gasteiger partial charge in [-0.05, 0) is 18.4 Å². The van der Waals surface area contributed by atoms with Gasteiger partial charge in [0.15, 0.2) is 21.6 Å². The maximum Gasteiger partial charge on any atom is 0.234 e. The summed E-state index contributed by atoms with van der Waals surface area (Å²) in [5.41, 5.74) is 9.54. The van der Waals surface area contributed by atoms with E-state index in [1.807, 2.05) is 30.3 Å². The lowest BCUT2D eigenvalue weighted by Crippen LogP contribution is -2.38. The Hall–Kier alpha value is -4.54. The number of Topliss-reactive ketones (excluding diaryl/α,β-unsaturated/α-hetero) is 1. The van der Waals surface area contributed by atoms with Crippen LogP contribution in [0.2, 0.25) is 0 Å². The number of rotatable bonds is 9. The van der Waals surface area contributed by atoms with E-state index in [1.54, 1.807) is 17.0 Å². The van der Waals surface area contributed by atoms with Gasteiger partial charge in [-0.15, -0.1) is 10.2 Å². The molecule has 1 unspecified atom stereocenters. The van der Waals surface area contributed by atoms with Crippen LogP contribution in [0.3, 0.4) is 0 Å². The van der Waals surface area contributed by atoms with Gasteiger partial charge in [-0.25, -0.2) is 0 Å². The average molecular weight is 605 g/mol. The smallest absolute Gasteiger partial charge is 0.234 e. The molecule has 0 radical (unpaired) electrons. The second kappa shape index (κ2) is 12.5. The fourth-order valence-corrected chi connectivity index (χ4v) is 6.79. The number of anilines is 2. The predicted octanol–water partition coefficient (Wildman–Crippen LogP) is 4.60. The molecule has 3 aromatic rings. The summed E-state index contributed by atoms with van der Waals surface area (Å²) in [7, 11) is 4.50. The van der Waals surface area contributed by atoms with E-state index >= 15 is 0 Å². The fraction of sp³-hybridized carbons (Fsp3) is 0.276. The monoisotopic (exact) mass is 604 g/mol. The molecule has 2 heterocycles. The molecule has 42 heavy (non-hydrogen) atoms. The molecule has 2 aliphatic rings. The molecule has 2 aromatic carbocycles. The minimum Gasteiger partial charge on any atom is -0.493 e. The number of amides is 1. The third kappa shape index (κ3) is 5.50. The highest BCUT2D eigenvalue weighted by Crippen LogP contribution is 2.47. The number of ether oxygens (including phenoxy) is 3. The number of allylic oxidation sites excluding steroid dienone is 3. The van der Waals surface area contributed by atoms with Crippen LogP contribution >= 0.6 is 23.1 Å². The van der Waals surface area contributed by atoms with Gasteiger partial charge in [0.2, 0.25) is 16.8 Å². The van der Waals surface area contributed by atoms with Crippen molar-refractivity contribution >= 4 is 45.6 Å². The molecule has 216 valence electrons. The summed E-state index contributed by atoms with van der Waals surface area (Å²) in [5.74, 6) is 0.740. The summed E-state index contributed by atoms with van der Waals surface area (Å²) in [6.45, 7) is 0. The van der Waals surface area contributed by atoms with Gasteiger partial charge in [0.05, 0.1) is 44.6 Å². The third-order valence-corrected chi connectivity index (χ3v) is 8.95. The number of methoxy groups -OCH3 is 3. The number of nitrogens with two attached hydrogens (primary N) is 1. The normalized spacial score (nSPS) is 16.6. The Labute approximate surface area is 251 Å². The van der Waals surface area contributed by atoms with Crippen LogP contribution in [-0.2, 0) is 9.59 Å². The lowest BCUT2D eigenvalue weighted by atomic mass is 9.76. The summed E-state index contributed by atoms with van der Waals surface area (Å²) < 4.78 is 16.6. The summed E-state index contributed by atoms with van der Waals surface area (Å²) in [6, 6.07) is 15.0. The van der Waals surface area contributed by atoms with Crippen LogP contribution in [0.5, 0.6) is 17.2 Å². The Morgan fingerprint density at radius 2 is 1.86 bits per heavy atom. The van der Waals surface area contributed by atoms with E-state index in [0.717, 1.165) is 11.3 Å². The van der Waals surface area contributed by atoms with E-state index in [1.165, 1.54) is 44.4 Å². The molecule has 11 nitrogen and oxygen atoms in total. The number of nitrogens with zero attached hydrogens (tertiary/aromatic N) is 4. The molecular weight excluding hydrogens is 576 g/mol. The Morgan fingerprint density at radius 3 is 2.50 bits per heavy atom.